The highest BCUT2D eigenvalue weighted by atomic mass is 16.3. The van der Waals surface area contributed by atoms with Crippen molar-refractivity contribution in [2.24, 2.45) is 0 Å². The third-order valence-corrected chi connectivity index (χ3v) is 4.05. The topological polar surface area (TPSA) is 63.0 Å². The molecular weight excluding hydrogens is 252 g/mol. The number of pyridine rings is 1. The Labute approximate surface area is 119 Å². The van der Waals surface area contributed by atoms with Crippen molar-refractivity contribution in [3.05, 3.63) is 24.0 Å². The predicted octanol–water partition coefficient (Wildman–Crippen LogP) is 2.02. The van der Waals surface area contributed by atoms with Gasteiger partial charge in [-0.05, 0) is 44.7 Å². The molecule has 2 N–H and O–H groups in total. The van der Waals surface area contributed by atoms with Crippen LogP contribution in [0, 0.1) is 0 Å². The van der Waals surface area contributed by atoms with Crippen molar-refractivity contribution in [1.82, 2.24) is 20.1 Å². The molecule has 5 heteroatoms. The van der Waals surface area contributed by atoms with E-state index in [1.165, 1.54) is 0 Å². The summed E-state index contributed by atoms with van der Waals surface area (Å²) in [4.78, 5) is 4.51. The third kappa shape index (κ3) is 2.55. The molecule has 108 valence electrons. The SMILES string of the molecule is CC(C)n1ncc2cc(CNCC3(O)CCC3)cnc21. The summed E-state index contributed by atoms with van der Waals surface area (Å²) >= 11 is 0. The molecule has 0 bridgehead atoms. The molecule has 0 unspecified atom stereocenters. The summed E-state index contributed by atoms with van der Waals surface area (Å²) in [6.07, 6.45) is 6.73. The zero-order chi connectivity index (χ0) is 14.2. The summed E-state index contributed by atoms with van der Waals surface area (Å²) in [5.74, 6) is 0. The number of rotatable bonds is 5. The largest absolute Gasteiger partial charge is 0.389 e. The summed E-state index contributed by atoms with van der Waals surface area (Å²) in [7, 11) is 0. The van der Waals surface area contributed by atoms with E-state index in [1.54, 1.807) is 0 Å². The van der Waals surface area contributed by atoms with E-state index in [4.69, 9.17) is 0 Å². The zero-order valence-electron chi connectivity index (χ0n) is 12.1. The van der Waals surface area contributed by atoms with E-state index in [1.807, 2.05) is 17.1 Å². The molecule has 1 aliphatic carbocycles. The average Bonchev–Trinajstić information content (AvgIpc) is 2.80. The maximum absolute atomic E-state index is 10.0. The molecule has 3 rings (SSSR count). The lowest BCUT2D eigenvalue weighted by molar-refractivity contribution is -0.0314. The maximum Gasteiger partial charge on any atom is 0.157 e. The molecule has 0 amide bonds. The van der Waals surface area contributed by atoms with E-state index in [0.29, 0.717) is 12.6 Å². The molecule has 0 aliphatic heterocycles. The molecule has 5 nitrogen and oxygen atoms in total. The number of hydrogen-bond acceptors (Lipinski definition) is 4. The summed E-state index contributed by atoms with van der Waals surface area (Å²) in [6.45, 7) is 5.60. The molecule has 2 heterocycles. The Kier molecular flexibility index (Phi) is 3.48. The molecule has 1 fully saturated rings. The standard InChI is InChI=1S/C15H22N4O/c1-11(2)19-14-13(9-18-19)6-12(8-17-14)7-16-10-15(20)4-3-5-15/h6,8-9,11,16,20H,3-5,7,10H2,1-2H3. The van der Waals surface area contributed by atoms with Crippen molar-refractivity contribution in [3.8, 4) is 0 Å². The Hall–Kier alpha value is -1.46. The minimum absolute atomic E-state index is 0.317. The Morgan fingerprint density at radius 1 is 1.40 bits per heavy atom. The molecule has 20 heavy (non-hydrogen) atoms. The molecule has 1 saturated carbocycles. The van der Waals surface area contributed by atoms with Gasteiger partial charge in [0.25, 0.3) is 0 Å². The second kappa shape index (κ2) is 5.14. The van der Waals surface area contributed by atoms with Gasteiger partial charge >= 0.3 is 0 Å². The van der Waals surface area contributed by atoms with Crippen molar-refractivity contribution >= 4 is 11.0 Å². The minimum Gasteiger partial charge on any atom is -0.389 e. The van der Waals surface area contributed by atoms with Gasteiger partial charge in [0.15, 0.2) is 5.65 Å². The molecule has 2 aromatic heterocycles. The van der Waals surface area contributed by atoms with E-state index in [-0.39, 0.29) is 0 Å². The lowest BCUT2D eigenvalue weighted by Crippen LogP contribution is -2.45. The molecule has 0 radical (unpaired) electrons. The lowest BCUT2D eigenvalue weighted by atomic mass is 9.80. The number of nitrogens with one attached hydrogen (secondary N) is 1. The van der Waals surface area contributed by atoms with E-state index < -0.39 is 5.60 Å². The number of fused-ring (bicyclic) bond motifs is 1. The first-order valence-corrected chi connectivity index (χ1v) is 7.33. The Bertz CT molecular complexity index is 601. The van der Waals surface area contributed by atoms with E-state index in [9.17, 15) is 5.11 Å². The van der Waals surface area contributed by atoms with E-state index >= 15 is 0 Å². The van der Waals surface area contributed by atoms with Crippen LogP contribution in [-0.4, -0.2) is 32.0 Å². The van der Waals surface area contributed by atoms with Crippen LogP contribution in [0.3, 0.4) is 0 Å². The highest BCUT2D eigenvalue weighted by Crippen LogP contribution is 2.30. The Morgan fingerprint density at radius 3 is 2.85 bits per heavy atom. The highest BCUT2D eigenvalue weighted by Gasteiger charge is 2.33. The second-order valence-corrected chi connectivity index (χ2v) is 6.12. The third-order valence-electron chi connectivity index (χ3n) is 4.05. The van der Waals surface area contributed by atoms with E-state index in [2.05, 4.69) is 35.3 Å². The van der Waals surface area contributed by atoms with Crippen LogP contribution in [0.5, 0.6) is 0 Å². The van der Waals surface area contributed by atoms with Crippen LogP contribution in [0.25, 0.3) is 11.0 Å². The molecule has 1 aliphatic rings. The fraction of sp³-hybridized carbons (Fsp3) is 0.600. The molecule has 0 atom stereocenters. The molecular formula is C15H22N4O. The number of aliphatic hydroxyl groups is 1. The Balaban J connectivity index is 1.67. The van der Waals surface area contributed by atoms with Gasteiger partial charge in [0.1, 0.15) is 0 Å². The summed E-state index contributed by atoms with van der Waals surface area (Å²) in [6, 6.07) is 2.43. The van der Waals surface area contributed by atoms with Crippen LogP contribution in [0.15, 0.2) is 18.5 Å². The van der Waals surface area contributed by atoms with Gasteiger partial charge in [0, 0.05) is 30.7 Å². The van der Waals surface area contributed by atoms with Crippen LogP contribution >= 0.6 is 0 Å². The Morgan fingerprint density at radius 2 is 2.20 bits per heavy atom. The minimum atomic E-state index is -0.472. The first-order chi connectivity index (χ1) is 9.57. The van der Waals surface area contributed by atoms with E-state index in [0.717, 1.165) is 42.4 Å². The second-order valence-electron chi connectivity index (χ2n) is 6.12. The molecule has 0 spiro atoms. The van der Waals surface area contributed by atoms with Crippen LogP contribution < -0.4 is 5.32 Å². The van der Waals surface area contributed by atoms with Gasteiger partial charge < -0.3 is 10.4 Å². The van der Waals surface area contributed by atoms with Gasteiger partial charge in [-0.2, -0.15) is 5.10 Å². The van der Waals surface area contributed by atoms with Gasteiger partial charge in [-0.15, -0.1) is 0 Å². The van der Waals surface area contributed by atoms with Crippen LogP contribution in [-0.2, 0) is 6.54 Å². The van der Waals surface area contributed by atoms with Crippen LogP contribution in [0.2, 0.25) is 0 Å². The summed E-state index contributed by atoms with van der Waals surface area (Å²) in [5.41, 5.74) is 1.59. The van der Waals surface area contributed by atoms with Crippen molar-refractivity contribution < 1.29 is 5.11 Å². The smallest absolute Gasteiger partial charge is 0.157 e. The van der Waals surface area contributed by atoms with Crippen molar-refractivity contribution in [3.63, 3.8) is 0 Å². The first kappa shape index (κ1) is 13.5. The quantitative estimate of drug-likeness (QED) is 0.875. The number of nitrogens with zero attached hydrogens (tertiary/aromatic N) is 3. The fourth-order valence-corrected chi connectivity index (χ4v) is 2.66. The van der Waals surface area contributed by atoms with Gasteiger partial charge in [0.05, 0.1) is 11.8 Å². The van der Waals surface area contributed by atoms with Gasteiger partial charge in [-0.1, -0.05) is 0 Å². The van der Waals surface area contributed by atoms with Gasteiger partial charge in [0.2, 0.25) is 0 Å². The zero-order valence-corrected chi connectivity index (χ0v) is 12.1. The predicted molar refractivity (Wildman–Crippen MR) is 78.4 cm³/mol. The normalized spacial score (nSPS) is 17.6. The maximum atomic E-state index is 10.0. The average molecular weight is 274 g/mol. The first-order valence-electron chi connectivity index (χ1n) is 7.33. The highest BCUT2D eigenvalue weighted by molar-refractivity contribution is 5.75. The molecule has 0 saturated heterocycles. The number of hydrogen-bond donors (Lipinski definition) is 2. The van der Waals surface area contributed by atoms with Crippen molar-refractivity contribution in [1.29, 1.82) is 0 Å². The summed E-state index contributed by atoms with van der Waals surface area (Å²) < 4.78 is 1.93. The van der Waals surface area contributed by atoms with Crippen LogP contribution in [0.1, 0.15) is 44.7 Å². The summed E-state index contributed by atoms with van der Waals surface area (Å²) in [5, 5.41) is 18.8. The lowest BCUT2D eigenvalue weighted by Gasteiger charge is -2.36. The van der Waals surface area contributed by atoms with Crippen LogP contribution in [0.4, 0.5) is 0 Å². The fourth-order valence-electron chi connectivity index (χ4n) is 2.66. The molecule has 0 aromatic carbocycles. The van der Waals surface area contributed by atoms with Gasteiger partial charge in [-0.25, -0.2) is 9.67 Å². The van der Waals surface area contributed by atoms with Crippen molar-refractivity contribution in [2.45, 2.75) is 51.3 Å². The van der Waals surface area contributed by atoms with Gasteiger partial charge in [-0.3, -0.25) is 0 Å². The van der Waals surface area contributed by atoms with Crippen molar-refractivity contribution in [2.75, 3.05) is 6.54 Å². The number of aromatic nitrogens is 3. The monoisotopic (exact) mass is 274 g/mol. The molecule has 2 aromatic rings.